The molecule has 0 rings (SSSR count). The SMILES string of the molecule is BrCCCCOCCCCOCCCCBr. The Hall–Kier alpha value is 0.880. The maximum atomic E-state index is 5.50. The number of ether oxygens (including phenoxy) is 2. The van der Waals surface area contributed by atoms with Gasteiger partial charge in [-0.15, -0.1) is 0 Å². The summed E-state index contributed by atoms with van der Waals surface area (Å²) in [5, 5.41) is 2.16. The molecule has 0 heterocycles. The molecule has 0 aromatic carbocycles. The molecule has 16 heavy (non-hydrogen) atoms. The fraction of sp³-hybridized carbons (Fsp3) is 1.00. The zero-order valence-corrected chi connectivity index (χ0v) is 13.2. The number of alkyl halides is 2. The summed E-state index contributed by atoms with van der Waals surface area (Å²) in [5.41, 5.74) is 0. The highest BCUT2D eigenvalue weighted by Crippen LogP contribution is 1.98. The largest absolute Gasteiger partial charge is 0.381 e. The summed E-state index contributed by atoms with van der Waals surface area (Å²) in [6.45, 7) is 3.56. The first-order valence-corrected chi connectivity index (χ1v) is 8.43. The molecular weight excluding hydrogens is 336 g/mol. The molecule has 0 spiro atoms. The fourth-order valence-electron chi connectivity index (χ4n) is 1.21. The summed E-state index contributed by atoms with van der Waals surface area (Å²) < 4.78 is 11.0. The van der Waals surface area contributed by atoms with Crippen molar-refractivity contribution in [2.45, 2.75) is 38.5 Å². The van der Waals surface area contributed by atoms with Gasteiger partial charge in [0.05, 0.1) is 0 Å². The topological polar surface area (TPSA) is 18.5 Å². The van der Waals surface area contributed by atoms with E-state index in [2.05, 4.69) is 31.9 Å². The molecule has 0 amide bonds. The van der Waals surface area contributed by atoms with Gasteiger partial charge in [-0.25, -0.2) is 0 Å². The first-order valence-electron chi connectivity index (χ1n) is 6.19. The molecular formula is C12H24Br2O2. The van der Waals surface area contributed by atoms with Crippen LogP contribution in [-0.4, -0.2) is 37.1 Å². The Morgan fingerprint density at radius 3 is 1.12 bits per heavy atom. The maximum Gasteiger partial charge on any atom is 0.0466 e. The van der Waals surface area contributed by atoms with Gasteiger partial charge >= 0.3 is 0 Å². The van der Waals surface area contributed by atoms with Crippen LogP contribution in [0.4, 0.5) is 0 Å². The molecule has 0 atom stereocenters. The van der Waals surface area contributed by atoms with E-state index >= 15 is 0 Å². The predicted molar refractivity (Wildman–Crippen MR) is 76.9 cm³/mol. The van der Waals surface area contributed by atoms with E-state index < -0.39 is 0 Å². The van der Waals surface area contributed by atoms with E-state index in [1.54, 1.807) is 0 Å². The van der Waals surface area contributed by atoms with Crippen LogP contribution in [0, 0.1) is 0 Å². The Kier molecular flexibility index (Phi) is 16.8. The third-order valence-corrected chi connectivity index (χ3v) is 3.29. The molecule has 0 aliphatic rings. The Balaban J connectivity index is 2.83. The number of unbranched alkanes of at least 4 members (excludes halogenated alkanes) is 3. The van der Waals surface area contributed by atoms with Crippen LogP contribution >= 0.6 is 31.9 Å². The van der Waals surface area contributed by atoms with Crippen LogP contribution in [0.2, 0.25) is 0 Å². The van der Waals surface area contributed by atoms with Crippen molar-refractivity contribution >= 4 is 31.9 Å². The lowest BCUT2D eigenvalue weighted by atomic mass is 10.3. The van der Waals surface area contributed by atoms with Gasteiger partial charge in [0.15, 0.2) is 0 Å². The Morgan fingerprint density at radius 2 is 0.812 bits per heavy atom. The first kappa shape index (κ1) is 16.9. The van der Waals surface area contributed by atoms with E-state index in [1.165, 1.54) is 12.8 Å². The zero-order chi connectivity index (χ0) is 11.9. The van der Waals surface area contributed by atoms with E-state index in [-0.39, 0.29) is 0 Å². The van der Waals surface area contributed by atoms with Crippen LogP contribution in [0.5, 0.6) is 0 Å². The quantitative estimate of drug-likeness (QED) is 0.363. The number of hydrogen-bond acceptors (Lipinski definition) is 2. The summed E-state index contributed by atoms with van der Waals surface area (Å²) in [6, 6.07) is 0. The average Bonchev–Trinajstić information content (AvgIpc) is 2.31. The van der Waals surface area contributed by atoms with Crippen molar-refractivity contribution in [1.29, 1.82) is 0 Å². The van der Waals surface area contributed by atoms with Crippen LogP contribution < -0.4 is 0 Å². The lowest BCUT2D eigenvalue weighted by Gasteiger charge is -2.04. The molecule has 0 aromatic heterocycles. The van der Waals surface area contributed by atoms with Gasteiger partial charge in [-0.05, 0) is 38.5 Å². The molecule has 2 nitrogen and oxygen atoms in total. The molecule has 98 valence electrons. The summed E-state index contributed by atoms with van der Waals surface area (Å²) in [6.07, 6.45) is 6.97. The minimum Gasteiger partial charge on any atom is -0.381 e. The third-order valence-electron chi connectivity index (χ3n) is 2.17. The predicted octanol–water partition coefficient (Wildman–Crippen LogP) is 4.15. The molecule has 0 unspecified atom stereocenters. The zero-order valence-electron chi connectivity index (χ0n) is 10.1. The molecule has 4 heteroatoms. The summed E-state index contributed by atoms with van der Waals surface area (Å²) >= 11 is 6.81. The van der Waals surface area contributed by atoms with Crippen LogP contribution in [0.3, 0.4) is 0 Å². The smallest absolute Gasteiger partial charge is 0.0466 e. The van der Waals surface area contributed by atoms with E-state index in [1.807, 2.05) is 0 Å². The van der Waals surface area contributed by atoms with Crippen molar-refractivity contribution in [3.05, 3.63) is 0 Å². The van der Waals surface area contributed by atoms with Gasteiger partial charge in [0.1, 0.15) is 0 Å². The van der Waals surface area contributed by atoms with Crippen molar-refractivity contribution in [1.82, 2.24) is 0 Å². The third kappa shape index (κ3) is 14.9. The van der Waals surface area contributed by atoms with Crippen molar-refractivity contribution in [3.8, 4) is 0 Å². The highest BCUT2D eigenvalue weighted by atomic mass is 79.9. The second-order valence-electron chi connectivity index (χ2n) is 3.72. The Labute approximate surface area is 117 Å². The van der Waals surface area contributed by atoms with Gasteiger partial charge in [-0.3, -0.25) is 0 Å². The Bertz CT molecular complexity index is 110. The normalized spacial score (nSPS) is 10.9. The summed E-state index contributed by atoms with van der Waals surface area (Å²) in [4.78, 5) is 0. The van der Waals surface area contributed by atoms with Crippen LogP contribution in [0.1, 0.15) is 38.5 Å². The summed E-state index contributed by atoms with van der Waals surface area (Å²) in [5.74, 6) is 0. The molecule has 0 aliphatic carbocycles. The molecule has 0 aromatic rings. The molecule has 0 N–H and O–H groups in total. The van der Waals surface area contributed by atoms with E-state index in [0.29, 0.717) is 0 Å². The van der Waals surface area contributed by atoms with Crippen molar-refractivity contribution in [3.63, 3.8) is 0 Å². The second kappa shape index (κ2) is 15.9. The van der Waals surface area contributed by atoms with Gasteiger partial charge in [-0.2, -0.15) is 0 Å². The molecule has 0 fully saturated rings. The highest BCUT2D eigenvalue weighted by Gasteiger charge is 1.92. The van der Waals surface area contributed by atoms with Gasteiger partial charge in [0.2, 0.25) is 0 Å². The van der Waals surface area contributed by atoms with Crippen molar-refractivity contribution in [2.75, 3.05) is 37.1 Å². The van der Waals surface area contributed by atoms with Gasteiger partial charge in [0.25, 0.3) is 0 Å². The summed E-state index contributed by atoms with van der Waals surface area (Å²) in [7, 11) is 0. The van der Waals surface area contributed by atoms with Crippen molar-refractivity contribution in [2.24, 2.45) is 0 Å². The second-order valence-corrected chi connectivity index (χ2v) is 5.31. The van der Waals surface area contributed by atoms with E-state index in [0.717, 1.165) is 62.8 Å². The minimum atomic E-state index is 0.882. The molecule has 0 radical (unpaired) electrons. The van der Waals surface area contributed by atoms with Crippen LogP contribution in [-0.2, 0) is 9.47 Å². The molecule has 0 saturated carbocycles. The fourth-order valence-corrected chi connectivity index (χ4v) is 2.00. The average molecular weight is 360 g/mol. The molecule has 0 bridgehead atoms. The first-order chi connectivity index (χ1) is 7.91. The highest BCUT2D eigenvalue weighted by molar-refractivity contribution is 9.09. The van der Waals surface area contributed by atoms with Crippen LogP contribution in [0.25, 0.3) is 0 Å². The van der Waals surface area contributed by atoms with E-state index in [4.69, 9.17) is 9.47 Å². The standard InChI is InChI=1S/C12H24Br2O2/c13-7-1-3-9-15-11-5-6-12-16-10-4-2-8-14/h1-12H2. The maximum absolute atomic E-state index is 5.50. The van der Waals surface area contributed by atoms with Gasteiger partial charge in [0, 0.05) is 37.1 Å². The molecule has 0 aliphatic heterocycles. The number of hydrogen-bond donors (Lipinski definition) is 0. The monoisotopic (exact) mass is 358 g/mol. The molecule has 0 saturated heterocycles. The minimum absolute atomic E-state index is 0.882. The van der Waals surface area contributed by atoms with Crippen molar-refractivity contribution < 1.29 is 9.47 Å². The van der Waals surface area contributed by atoms with Gasteiger partial charge in [-0.1, -0.05) is 31.9 Å². The number of halogens is 2. The van der Waals surface area contributed by atoms with Gasteiger partial charge < -0.3 is 9.47 Å². The lowest BCUT2D eigenvalue weighted by molar-refractivity contribution is 0.100. The van der Waals surface area contributed by atoms with E-state index in [9.17, 15) is 0 Å². The Morgan fingerprint density at radius 1 is 0.500 bits per heavy atom. The number of rotatable bonds is 13. The lowest BCUT2D eigenvalue weighted by Crippen LogP contribution is -2.01. The van der Waals surface area contributed by atoms with Crippen LogP contribution in [0.15, 0.2) is 0 Å².